The molecule has 3 heterocycles. The maximum atomic E-state index is 12.9. The van der Waals surface area contributed by atoms with Crippen molar-refractivity contribution in [3.8, 4) is 5.75 Å². The average molecular weight is 499 g/mol. The molecule has 1 aliphatic heterocycles. The van der Waals surface area contributed by atoms with Crippen LogP contribution in [0.1, 0.15) is 54.0 Å². The lowest BCUT2D eigenvalue weighted by atomic mass is 10.2. The van der Waals surface area contributed by atoms with E-state index in [-0.39, 0.29) is 35.9 Å². The van der Waals surface area contributed by atoms with Crippen LogP contribution in [0.5, 0.6) is 5.75 Å². The van der Waals surface area contributed by atoms with Crippen LogP contribution in [-0.4, -0.2) is 72.1 Å². The molecule has 1 saturated heterocycles. The fourth-order valence-electron chi connectivity index (χ4n) is 3.86. The van der Waals surface area contributed by atoms with Crippen LogP contribution in [0.2, 0.25) is 0 Å². The van der Waals surface area contributed by atoms with Crippen LogP contribution in [0.3, 0.4) is 0 Å². The molecular formula is C25H30N4O7. The summed E-state index contributed by atoms with van der Waals surface area (Å²) < 4.78 is 22.5. The molecule has 0 atom stereocenters. The Labute approximate surface area is 208 Å². The number of carbonyl (C=O) groups excluding carboxylic acids is 3. The summed E-state index contributed by atoms with van der Waals surface area (Å²) in [6.07, 6.45) is 2.34. The van der Waals surface area contributed by atoms with Crippen LogP contribution in [-0.2, 0) is 9.47 Å². The predicted molar refractivity (Wildman–Crippen MR) is 131 cm³/mol. The molecule has 0 unspecified atom stereocenters. The number of anilines is 1. The number of aromatic nitrogens is 2. The Kier molecular flexibility index (Phi) is 8.21. The van der Waals surface area contributed by atoms with Crippen LogP contribution in [0, 0.1) is 0 Å². The van der Waals surface area contributed by atoms with Gasteiger partial charge in [0.05, 0.1) is 13.2 Å². The number of nitrogens with zero attached hydrogens (tertiary/aromatic N) is 3. The molecule has 1 aliphatic rings. The van der Waals surface area contributed by atoms with E-state index in [1.54, 1.807) is 31.2 Å². The van der Waals surface area contributed by atoms with E-state index in [9.17, 15) is 14.4 Å². The molecule has 0 spiro atoms. The van der Waals surface area contributed by atoms with Gasteiger partial charge in [0.2, 0.25) is 5.76 Å². The summed E-state index contributed by atoms with van der Waals surface area (Å²) in [5, 5.41) is 6.77. The molecule has 1 amide bonds. The molecule has 11 nitrogen and oxygen atoms in total. The zero-order valence-electron chi connectivity index (χ0n) is 20.5. The van der Waals surface area contributed by atoms with E-state index in [1.807, 2.05) is 6.92 Å². The number of hydrogen-bond acceptors (Lipinski definition) is 9. The monoisotopic (exact) mass is 498 g/mol. The third-order valence-corrected chi connectivity index (χ3v) is 5.66. The van der Waals surface area contributed by atoms with Crippen molar-refractivity contribution in [3.63, 3.8) is 0 Å². The van der Waals surface area contributed by atoms with Gasteiger partial charge in [0.15, 0.2) is 11.4 Å². The molecule has 0 saturated carbocycles. The summed E-state index contributed by atoms with van der Waals surface area (Å²) in [6, 6.07) is 8.05. The van der Waals surface area contributed by atoms with Crippen LogP contribution in [0.25, 0.3) is 11.1 Å². The van der Waals surface area contributed by atoms with Crippen LogP contribution >= 0.6 is 0 Å². The Bertz CT molecular complexity index is 1210. The molecule has 0 radical (unpaired) electrons. The van der Waals surface area contributed by atoms with Gasteiger partial charge in [-0.1, -0.05) is 6.92 Å². The normalized spacial score (nSPS) is 13.6. The van der Waals surface area contributed by atoms with Crippen molar-refractivity contribution in [1.29, 1.82) is 0 Å². The number of carbonyl (C=O) groups is 3. The van der Waals surface area contributed by atoms with Gasteiger partial charge in [0, 0.05) is 18.2 Å². The minimum absolute atomic E-state index is 0.0245. The van der Waals surface area contributed by atoms with Crippen molar-refractivity contribution in [2.75, 3.05) is 44.8 Å². The van der Waals surface area contributed by atoms with E-state index in [0.29, 0.717) is 24.3 Å². The van der Waals surface area contributed by atoms with E-state index in [4.69, 9.17) is 18.6 Å². The van der Waals surface area contributed by atoms with Crippen LogP contribution in [0.4, 0.5) is 10.6 Å². The first-order chi connectivity index (χ1) is 17.5. The van der Waals surface area contributed by atoms with Gasteiger partial charge in [-0.15, -0.1) is 5.10 Å². The number of likely N-dealkylation sites (tertiary alicyclic amines) is 1. The van der Waals surface area contributed by atoms with Crippen molar-refractivity contribution < 1.29 is 33.0 Å². The van der Waals surface area contributed by atoms with Crippen LogP contribution in [0.15, 0.2) is 34.7 Å². The lowest BCUT2D eigenvalue weighted by molar-refractivity contribution is 0.0471. The van der Waals surface area contributed by atoms with Crippen LogP contribution < -0.4 is 10.1 Å². The molecule has 0 aliphatic carbocycles. The fourth-order valence-corrected chi connectivity index (χ4v) is 3.86. The maximum absolute atomic E-state index is 12.9. The second kappa shape index (κ2) is 11.7. The topological polar surface area (TPSA) is 125 Å². The zero-order valence-corrected chi connectivity index (χ0v) is 20.5. The highest BCUT2D eigenvalue weighted by Gasteiger charge is 2.25. The smallest absolute Gasteiger partial charge is 0.435 e. The van der Waals surface area contributed by atoms with Gasteiger partial charge in [-0.25, -0.2) is 9.59 Å². The second-order valence-corrected chi connectivity index (χ2v) is 8.30. The summed E-state index contributed by atoms with van der Waals surface area (Å²) in [5.74, 6) is -0.619. The molecule has 4 rings (SSSR count). The Morgan fingerprint density at radius 3 is 2.50 bits per heavy atom. The Morgan fingerprint density at radius 1 is 1.06 bits per heavy atom. The van der Waals surface area contributed by atoms with Crippen molar-refractivity contribution in [2.24, 2.45) is 0 Å². The molecule has 3 aromatic rings. The highest BCUT2D eigenvalue weighted by Crippen LogP contribution is 2.28. The molecule has 1 fully saturated rings. The summed E-state index contributed by atoms with van der Waals surface area (Å²) in [4.78, 5) is 39.9. The largest absolute Gasteiger partial charge is 0.492 e. The minimum Gasteiger partial charge on any atom is -0.492 e. The third kappa shape index (κ3) is 5.85. The van der Waals surface area contributed by atoms with Crippen molar-refractivity contribution >= 4 is 34.9 Å². The number of hydrogen-bond donors (Lipinski definition) is 1. The van der Waals surface area contributed by atoms with Gasteiger partial charge in [0.25, 0.3) is 5.91 Å². The number of nitrogens with one attached hydrogen (secondary N) is 1. The first-order valence-electron chi connectivity index (χ1n) is 12.1. The third-order valence-electron chi connectivity index (χ3n) is 5.66. The van der Waals surface area contributed by atoms with E-state index < -0.39 is 18.0 Å². The zero-order chi connectivity index (χ0) is 25.5. The number of furan rings is 1. The van der Waals surface area contributed by atoms with Gasteiger partial charge < -0.3 is 23.9 Å². The quantitative estimate of drug-likeness (QED) is 0.414. The summed E-state index contributed by atoms with van der Waals surface area (Å²) in [7, 11) is 0. The summed E-state index contributed by atoms with van der Waals surface area (Å²) in [6.45, 7) is 7.54. The van der Waals surface area contributed by atoms with Gasteiger partial charge in [-0.2, -0.15) is 4.68 Å². The summed E-state index contributed by atoms with van der Waals surface area (Å²) in [5.41, 5.74) is 0.588. The first kappa shape index (κ1) is 25.2. The van der Waals surface area contributed by atoms with Gasteiger partial charge in [-0.05, 0) is 63.5 Å². The van der Waals surface area contributed by atoms with Crippen molar-refractivity contribution in [1.82, 2.24) is 14.7 Å². The van der Waals surface area contributed by atoms with E-state index >= 15 is 0 Å². The summed E-state index contributed by atoms with van der Waals surface area (Å²) >= 11 is 0. The standard InChI is InChI=1S/C25H30N4O7/c1-3-14-35-24(31)20-16-19-21(36-20)22(27-29(19)25(32)33-4-2)26-23(30)17-7-9-18(10-8-17)34-15-13-28-11-5-6-12-28/h7-10,16H,3-6,11-15H2,1-2H3,(H,26,27,30). The molecule has 0 bridgehead atoms. The number of rotatable bonds is 10. The molecule has 11 heteroatoms. The number of amides is 1. The first-order valence-corrected chi connectivity index (χ1v) is 12.1. The van der Waals surface area contributed by atoms with Crippen molar-refractivity contribution in [3.05, 3.63) is 41.7 Å². The average Bonchev–Trinajstić information content (AvgIpc) is 3.61. The fraction of sp³-hybridized carbons (Fsp3) is 0.440. The molecular weight excluding hydrogens is 468 g/mol. The van der Waals surface area contributed by atoms with E-state index in [1.165, 1.54) is 18.9 Å². The van der Waals surface area contributed by atoms with Crippen molar-refractivity contribution in [2.45, 2.75) is 33.1 Å². The second-order valence-electron chi connectivity index (χ2n) is 8.30. The maximum Gasteiger partial charge on any atom is 0.435 e. The van der Waals surface area contributed by atoms with Gasteiger partial charge >= 0.3 is 12.1 Å². The van der Waals surface area contributed by atoms with Gasteiger partial charge in [0.1, 0.15) is 17.9 Å². The molecule has 2 aromatic heterocycles. The SMILES string of the molecule is CCCOC(=O)c1cc2c(o1)c(NC(=O)c1ccc(OCCN3CCCC3)cc1)nn2C(=O)OCC. The highest BCUT2D eigenvalue weighted by atomic mass is 16.6. The molecule has 1 aromatic carbocycles. The highest BCUT2D eigenvalue weighted by molar-refractivity contribution is 6.08. The van der Waals surface area contributed by atoms with E-state index in [2.05, 4.69) is 15.3 Å². The van der Waals surface area contributed by atoms with E-state index in [0.717, 1.165) is 24.3 Å². The Balaban J connectivity index is 1.47. The number of ether oxygens (including phenoxy) is 3. The lowest BCUT2D eigenvalue weighted by Gasteiger charge is -2.15. The predicted octanol–water partition coefficient (Wildman–Crippen LogP) is 3.93. The molecule has 1 N–H and O–H groups in total. The molecule has 36 heavy (non-hydrogen) atoms. The van der Waals surface area contributed by atoms with Gasteiger partial charge in [-0.3, -0.25) is 9.69 Å². The number of fused-ring (bicyclic) bond motifs is 1. The minimum atomic E-state index is -0.771. The Hall–Kier alpha value is -3.86. The Morgan fingerprint density at radius 2 is 1.81 bits per heavy atom. The number of benzene rings is 1. The number of esters is 1. The molecule has 192 valence electrons. The lowest BCUT2D eigenvalue weighted by Crippen LogP contribution is -2.25.